The minimum atomic E-state index is -0.00319. The van der Waals surface area contributed by atoms with Crippen LogP contribution in [0.3, 0.4) is 0 Å². The zero-order chi connectivity index (χ0) is 13.8. The maximum atomic E-state index is 12.4. The number of nitrogens with one attached hydrogen (secondary N) is 1. The Morgan fingerprint density at radius 3 is 2.89 bits per heavy atom. The number of aromatic nitrogens is 2. The SMILES string of the molecule is CC(C)c1nnsc1C(=O)NC1CCCCC1CBr. The van der Waals surface area contributed by atoms with E-state index in [1.165, 1.54) is 30.8 Å². The molecular formula is C13H20BrN3OS. The number of nitrogens with zero attached hydrogens (tertiary/aromatic N) is 2. The summed E-state index contributed by atoms with van der Waals surface area (Å²) in [6.45, 7) is 4.07. The summed E-state index contributed by atoms with van der Waals surface area (Å²) in [5.41, 5.74) is 0.814. The van der Waals surface area contributed by atoms with E-state index in [4.69, 9.17) is 0 Å². The van der Waals surface area contributed by atoms with Crippen molar-refractivity contribution in [3.63, 3.8) is 0 Å². The highest BCUT2D eigenvalue weighted by molar-refractivity contribution is 9.09. The first-order chi connectivity index (χ1) is 9.13. The first-order valence-corrected chi connectivity index (χ1v) is 8.72. The van der Waals surface area contributed by atoms with Gasteiger partial charge in [-0.15, -0.1) is 5.10 Å². The number of amides is 1. The molecule has 1 aliphatic carbocycles. The molecule has 1 saturated carbocycles. The van der Waals surface area contributed by atoms with E-state index < -0.39 is 0 Å². The molecule has 1 heterocycles. The molecule has 6 heteroatoms. The number of carbonyl (C=O) groups excluding carboxylic acids is 1. The smallest absolute Gasteiger partial charge is 0.265 e. The van der Waals surface area contributed by atoms with Crippen molar-refractivity contribution in [3.05, 3.63) is 10.6 Å². The number of hydrogen-bond donors (Lipinski definition) is 1. The lowest BCUT2D eigenvalue weighted by Gasteiger charge is -2.30. The van der Waals surface area contributed by atoms with Crippen LogP contribution in [0, 0.1) is 5.92 Å². The third-order valence-electron chi connectivity index (χ3n) is 3.69. The van der Waals surface area contributed by atoms with Gasteiger partial charge in [0.05, 0.1) is 5.69 Å². The molecule has 2 atom stereocenters. The van der Waals surface area contributed by atoms with E-state index in [0.29, 0.717) is 10.8 Å². The van der Waals surface area contributed by atoms with Gasteiger partial charge in [-0.3, -0.25) is 4.79 Å². The van der Waals surface area contributed by atoms with E-state index >= 15 is 0 Å². The van der Waals surface area contributed by atoms with Crippen molar-refractivity contribution in [3.8, 4) is 0 Å². The van der Waals surface area contributed by atoms with Gasteiger partial charge in [0.1, 0.15) is 4.88 Å². The maximum absolute atomic E-state index is 12.4. The first kappa shape index (κ1) is 14.9. The molecule has 1 N–H and O–H groups in total. The predicted molar refractivity (Wildman–Crippen MR) is 81.0 cm³/mol. The maximum Gasteiger partial charge on any atom is 0.265 e. The van der Waals surface area contributed by atoms with Crippen molar-refractivity contribution in [2.24, 2.45) is 5.92 Å². The third-order valence-corrected chi connectivity index (χ3v) is 5.26. The second kappa shape index (κ2) is 6.79. The molecule has 1 aromatic heterocycles. The minimum Gasteiger partial charge on any atom is -0.348 e. The zero-order valence-electron chi connectivity index (χ0n) is 11.4. The van der Waals surface area contributed by atoms with Crippen LogP contribution in [0.2, 0.25) is 0 Å². The van der Waals surface area contributed by atoms with Crippen LogP contribution in [-0.2, 0) is 0 Å². The number of hydrogen-bond acceptors (Lipinski definition) is 4. The van der Waals surface area contributed by atoms with E-state index in [2.05, 4.69) is 30.8 Å². The fourth-order valence-corrected chi connectivity index (χ4v) is 4.05. The predicted octanol–water partition coefficient (Wildman–Crippen LogP) is 3.35. The fraction of sp³-hybridized carbons (Fsp3) is 0.769. The van der Waals surface area contributed by atoms with Crippen molar-refractivity contribution >= 4 is 33.4 Å². The molecule has 106 valence electrons. The molecule has 0 radical (unpaired) electrons. The van der Waals surface area contributed by atoms with Gasteiger partial charge in [0.15, 0.2) is 0 Å². The quantitative estimate of drug-likeness (QED) is 0.851. The van der Waals surface area contributed by atoms with Gasteiger partial charge in [0.2, 0.25) is 0 Å². The van der Waals surface area contributed by atoms with Crippen LogP contribution < -0.4 is 5.32 Å². The molecule has 0 spiro atoms. The average Bonchev–Trinajstić information content (AvgIpc) is 2.88. The summed E-state index contributed by atoms with van der Waals surface area (Å²) in [5, 5.41) is 8.20. The van der Waals surface area contributed by atoms with Crippen molar-refractivity contribution in [1.29, 1.82) is 0 Å². The number of alkyl halides is 1. The number of carbonyl (C=O) groups is 1. The van der Waals surface area contributed by atoms with Gasteiger partial charge in [-0.25, -0.2) is 0 Å². The molecule has 1 fully saturated rings. The highest BCUT2D eigenvalue weighted by Crippen LogP contribution is 2.27. The van der Waals surface area contributed by atoms with Crippen LogP contribution >= 0.6 is 27.5 Å². The Kier molecular flexibility index (Phi) is 5.33. The summed E-state index contributed by atoms with van der Waals surface area (Å²) >= 11 is 4.75. The van der Waals surface area contributed by atoms with Gasteiger partial charge in [-0.1, -0.05) is 47.1 Å². The Labute approximate surface area is 126 Å². The van der Waals surface area contributed by atoms with E-state index in [9.17, 15) is 4.79 Å². The molecule has 1 aliphatic rings. The number of halogens is 1. The highest BCUT2D eigenvalue weighted by atomic mass is 79.9. The van der Waals surface area contributed by atoms with Crippen molar-refractivity contribution in [2.75, 3.05) is 5.33 Å². The second-order valence-corrected chi connectivity index (χ2v) is 6.82. The molecule has 2 rings (SSSR count). The van der Waals surface area contributed by atoms with E-state index in [0.717, 1.165) is 17.4 Å². The molecule has 4 nitrogen and oxygen atoms in total. The lowest BCUT2D eigenvalue weighted by atomic mass is 9.86. The van der Waals surface area contributed by atoms with Crippen LogP contribution in [0.25, 0.3) is 0 Å². The van der Waals surface area contributed by atoms with Gasteiger partial charge >= 0.3 is 0 Å². The van der Waals surface area contributed by atoms with Crippen molar-refractivity contribution < 1.29 is 4.79 Å². The van der Waals surface area contributed by atoms with E-state index in [-0.39, 0.29) is 17.9 Å². The molecule has 0 bridgehead atoms. The average molecular weight is 346 g/mol. The largest absolute Gasteiger partial charge is 0.348 e. The molecule has 1 amide bonds. The van der Waals surface area contributed by atoms with Crippen LogP contribution in [0.15, 0.2) is 0 Å². The third kappa shape index (κ3) is 3.54. The molecule has 2 unspecified atom stereocenters. The zero-order valence-corrected chi connectivity index (χ0v) is 13.8. The fourth-order valence-electron chi connectivity index (χ4n) is 2.55. The summed E-state index contributed by atoms with van der Waals surface area (Å²) in [6, 6.07) is 0.280. The summed E-state index contributed by atoms with van der Waals surface area (Å²) in [7, 11) is 0. The van der Waals surface area contributed by atoms with Crippen LogP contribution in [-0.4, -0.2) is 26.9 Å². The Morgan fingerprint density at radius 1 is 1.47 bits per heavy atom. The van der Waals surface area contributed by atoms with Gasteiger partial charge in [0, 0.05) is 11.4 Å². The Hall–Kier alpha value is -0.490. The summed E-state index contributed by atoms with van der Waals surface area (Å²) in [6.07, 6.45) is 4.73. The van der Waals surface area contributed by atoms with Gasteiger partial charge in [0.25, 0.3) is 5.91 Å². The minimum absolute atomic E-state index is 0.00319. The Morgan fingerprint density at radius 2 is 2.21 bits per heavy atom. The molecule has 0 aliphatic heterocycles. The second-order valence-electron chi connectivity index (χ2n) is 5.42. The summed E-state index contributed by atoms with van der Waals surface area (Å²) in [4.78, 5) is 13.0. The van der Waals surface area contributed by atoms with Gasteiger partial charge in [-0.2, -0.15) is 0 Å². The molecule has 0 aromatic carbocycles. The van der Waals surface area contributed by atoms with E-state index in [1.54, 1.807) is 0 Å². The van der Waals surface area contributed by atoms with Crippen LogP contribution in [0.5, 0.6) is 0 Å². The summed E-state index contributed by atoms with van der Waals surface area (Å²) in [5.74, 6) is 0.774. The molecule has 19 heavy (non-hydrogen) atoms. The Balaban J connectivity index is 2.05. The summed E-state index contributed by atoms with van der Waals surface area (Å²) < 4.78 is 3.92. The van der Waals surface area contributed by atoms with Gasteiger partial charge < -0.3 is 5.32 Å². The Bertz CT molecular complexity index is 435. The molecule has 1 aromatic rings. The number of rotatable bonds is 4. The standard InChI is InChI=1S/C13H20BrN3OS/c1-8(2)11-12(19-17-16-11)13(18)15-10-6-4-3-5-9(10)7-14/h8-10H,3-7H2,1-2H3,(H,15,18). The van der Waals surface area contributed by atoms with Gasteiger partial charge in [-0.05, 0) is 36.2 Å². The lowest BCUT2D eigenvalue weighted by molar-refractivity contribution is 0.0914. The van der Waals surface area contributed by atoms with Crippen LogP contribution in [0.4, 0.5) is 0 Å². The normalized spacial score (nSPS) is 23.6. The highest BCUT2D eigenvalue weighted by Gasteiger charge is 2.27. The van der Waals surface area contributed by atoms with Crippen molar-refractivity contribution in [1.82, 2.24) is 14.9 Å². The van der Waals surface area contributed by atoms with Crippen LogP contribution in [0.1, 0.15) is 60.8 Å². The molecule has 0 saturated heterocycles. The monoisotopic (exact) mass is 345 g/mol. The van der Waals surface area contributed by atoms with E-state index in [1.807, 2.05) is 13.8 Å². The lowest BCUT2D eigenvalue weighted by Crippen LogP contribution is -2.42. The van der Waals surface area contributed by atoms with Crippen molar-refractivity contribution in [2.45, 2.75) is 51.5 Å². The first-order valence-electron chi connectivity index (χ1n) is 6.82. The topological polar surface area (TPSA) is 54.9 Å². The molecular weight excluding hydrogens is 326 g/mol.